The van der Waals surface area contributed by atoms with Gasteiger partial charge in [0.05, 0.1) is 7.85 Å². The SMILES string of the molecule is CC.Cc1c(O)cccc1-c1ccccc1.[B]C. The van der Waals surface area contributed by atoms with Crippen LogP contribution in [0.4, 0.5) is 0 Å². The summed E-state index contributed by atoms with van der Waals surface area (Å²) in [6.07, 6.45) is 0. The zero-order valence-corrected chi connectivity index (χ0v) is 11.6. The summed E-state index contributed by atoms with van der Waals surface area (Å²) in [6.45, 7) is 7.43. The molecule has 0 saturated carbocycles. The van der Waals surface area contributed by atoms with Crippen LogP contribution in [-0.4, -0.2) is 13.0 Å². The third-order valence-corrected chi connectivity index (χ3v) is 2.39. The van der Waals surface area contributed by atoms with E-state index in [1.54, 1.807) is 6.07 Å². The third-order valence-electron chi connectivity index (χ3n) is 2.39. The molecule has 0 aromatic heterocycles. The Labute approximate surface area is 112 Å². The molecule has 0 aliphatic rings. The van der Waals surface area contributed by atoms with Gasteiger partial charge in [-0.2, -0.15) is 0 Å². The van der Waals surface area contributed by atoms with Gasteiger partial charge in [0.15, 0.2) is 0 Å². The molecule has 2 radical (unpaired) electrons. The van der Waals surface area contributed by atoms with Gasteiger partial charge in [0, 0.05) is 0 Å². The third kappa shape index (κ3) is 4.29. The van der Waals surface area contributed by atoms with Crippen LogP contribution in [0.2, 0.25) is 6.82 Å². The van der Waals surface area contributed by atoms with E-state index < -0.39 is 0 Å². The van der Waals surface area contributed by atoms with Crippen molar-refractivity contribution < 1.29 is 5.11 Å². The smallest absolute Gasteiger partial charge is 0.119 e. The van der Waals surface area contributed by atoms with E-state index in [4.69, 9.17) is 0 Å². The topological polar surface area (TPSA) is 20.2 Å². The highest BCUT2D eigenvalue weighted by Crippen LogP contribution is 2.28. The number of hydrogen-bond donors (Lipinski definition) is 1. The molecule has 0 aliphatic carbocycles. The molecule has 2 rings (SSSR count). The summed E-state index contributed by atoms with van der Waals surface area (Å²) in [5, 5.41) is 9.56. The van der Waals surface area contributed by atoms with Crippen molar-refractivity contribution in [2.45, 2.75) is 27.6 Å². The predicted octanol–water partition coefficient (Wildman–Crippen LogP) is 4.60. The van der Waals surface area contributed by atoms with Gasteiger partial charge in [-0.15, -0.1) is 0 Å². The number of hydrogen-bond acceptors (Lipinski definition) is 1. The summed E-state index contributed by atoms with van der Waals surface area (Å²) in [5.41, 5.74) is 3.16. The van der Waals surface area contributed by atoms with Crippen molar-refractivity contribution in [3.8, 4) is 16.9 Å². The second-order valence-corrected chi connectivity index (χ2v) is 3.32. The molecule has 0 atom stereocenters. The van der Waals surface area contributed by atoms with E-state index in [1.807, 2.05) is 63.2 Å². The fourth-order valence-corrected chi connectivity index (χ4v) is 1.55. The minimum atomic E-state index is 0.353. The summed E-state index contributed by atoms with van der Waals surface area (Å²) in [7, 11) is 4.50. The maximum absolute atomic E-state index is 9.56. The van der Waals surface area contributed by atoms with Crippen molar-refractivity contribution in [3.63, 3.8) is 0 Å². The van der Waals surface area contributed by atoms with E-state index in [0.29, 0.717) is 5.75 Å². The van der Waals surface area contributed by atoms with Crippen molar-refractivity contribution >= 4 is 7.85 Å². The highest BCUT2D eigenvalue weighted by molar-refractivity contribution is 6.05. The first-order valence-corrected chi connectivity index (χ1v) is 6.21. The molecule has 0 bridgehead atoms. The standard InChI is InChI=1S/C13H12O.C2H6.CH3B/c1-10-12(8-5-9-13(10)14)11-6-3-2-4-7-11;2*1-2/h2-9,14H,1H3;1-2H3;1H3. The molecule has 0 unspecified atom stereocenters. The predicted molar refractivity (Wildman–Crippen MR) is 81.2 cm³/mol. The molecule has 0 spiro atoms. The largest absolute Gasteiger partial charge is 0.508 e. The first kappa shape index (κ1) is 16.3. The lowest BCUT2D eigenvalue weighted by atomic mass is 10.0. The molecule has 2 aromatic rings. The van der Waals surface area contributed by atoms with Gasteiger partial charge in [-0.25, -0.2) is 0 Å². The Morgan fingerprint density at radius 1 is 0.833 bits per heavy atom. The van der Waals surface area contributed by atoms with Crippen LogP contribution in [-0.2, 0) is 0 Å². The summed E-state index contributed by atoms with van der Waals surface area (Å²) in [5.74, 6) is 0.353. The van der Waals surface area contributed by atoms with Gasteiger partial charge in [-0.05, 0) is 29.7 Å². The minimum absolute atomic E-state index is 0.353. The molecule has 94 valence electrons. The number of phenols is 1. The second kappa shape index (κ2) is 9.35. The van der Waals surface area contributed by atoms with Gasteiger partial charge >= 0.3 is 0 Å². The molecule has 1 N–H and O–H groups in total. The fraction of sp³-hybridized carbons (Fsp3) is 0.250. The zero-order chi connectivity index (χ0) is 14.0. The van der Waals surface area contributed by atoms with Crippen LogP contribution in [0.25, 0.3) is 11.1 Å². The van der Waals surface area contributed by atoms with Crippen LogP contribution in [0.15, 0.2) is 48.5 Å². The van der Waals surface area contributed by atoms with Gasteiger partial charge in [0.25, 0.3) is 0 Å². The van der Waals surface area contributed by atoms with Gasteiger partial charge in [0.2, 0.25) is 0 Å². The molecule has 0 fully saturated rings. The molecule has 0 heterocycles. The number of phenolic OH excluding ortho intramolecular Hbond substituents is 1. The van der Waals surface area contributed by atoms with E-state index >= 15 is 0 Å². The van der Waals surface area contributed by atoms with Crippen LogP contribution in [0.1, 0.15) is 19.4 Å². The molecule has 0 amide bonds. The average molecular weight is 240 g/mol. The van der Waals surface area contributed by atoms with Crippen molar-refractivity contribution in [3.05, 3.63) is 54.1 Å². The maximum Gasteiger partial charge on any atom is 0.119 e. The average Bonchev–Trinajstić information content (AvgIpc) is 2.47. The van der Waals surface area contributed by atoms with Crippen LogP contribution in [0, 0.1) is 6.92 Å². The lowest BCUT2D eigenvalue weighted by Gasteiger charge is -2.06. The minimum Gasteiger partial charge on any atom is -0.508 e. The Morgan fingerprint density at radius 3 is 1.94 bits per heavy atom. The summed E-state index contributed by atoms with van der Waals surface area (Å²) in [4.78, 5) is 0. The lowest BCUT2D eigenvalue weighted by molar-refractivity contribution is 0.471. The monoisotopic (exact) mass is 240 g/mol. The van der Waals surface area contributed by atoms with E-state index in [9.17, 15) is 5.11 Å². The highest BCUT2D eigenvalue weighted by Gasteiger charge is 2.03. The Bertz CT molecular complexity index is 438. The summed E-state index contributed by atoms with van der Waals surface area (Å²) < 4.78 is 0. The van der Waals surface area contributed by atoms with Crippen molar-refractivity contribution in [2.24, 2.45) is 0 Å². The lowest BCUT2D eigenvalue weighted by Crippen LogP contribution is -1.82. The van der Waals surface area contributed by atoms with Gasteiger partial charge in [-0.1, -0.05) is 63.1 Å². The molecular weight excluding hydrogens is 219 g/mol. The number of rotatable bonds is 1. The fourth-order valence-electron chi connectivity index (χ4n) is 1.55. The Hall–Kier alpha value is -1.70. The number of aromatic hydroxyl groups is 1. The Balaban J connectivity index is 0.000000659. The van der Waals surface area contributed by atoms with Crippen LogP contribution >= 0.6 is 0 Å². The molecule has 18 heavy (non-hydrogen) atoms. The quantitative estimate of drug-likeness (QED) is 0.722. The van der Waals surface area contributed by atoms with Gasteiger partial charge in [-0.3, -0.25) is 0 Å². The van der Waals surface area contributed by atoms with Crippen molar-refractivity contribution in [1.82, 2.24) is 0 Å². The van der Waals surface area contributed by atoms with Gasteiger partial charge < -0.3 is 5.11 Å². The van der Waals surface area contributed by atoms with E-state index in [2.05, 4.69) is 7.85 Å². The second-order valence-electron chi connectivity index (χ2n) is 3.32. The van der Waals surface area contributed by atoms with Crippen molar-refractivity contribution in [2.75, 3.05) is 0 Å². The van der Waals surface area contributed by atoms with E-state index in [1.165, 1.54) is 6.82 Å². The molecule has 0 saturated heterocycles. The summed E-state index contributed by atoms with van der Waals surface area (Å²) in [6, 6.07) is 15.7. The number of benzene rings is 2. The zero-order valence-electron chi connectivity index (χ0n) is 11.6. The van der Waals surface area contributed by atoms with E-state index in [-0.39, 0.29) is 0 Å². The van der Waals surface area contributed by atoms with Gasteiger partial charge in [0.1, 0.15) is 5.75 Å². The Morgan fingerprint density at radius 2 is 1.39 bits per heavy atom. The normalized spacial score (nSPS) is 8.44. The van der Waals surface area contributed by atoms with E-state index in [0.717, 1.165) is 16.7 Å². The summed E-state index contributed by atoms with van der Waals surface area (Å²) >= 11 is 0. The van der Waals surface area contributed by atoms with Crippen LogP contribution in [0.5, 0.6) is 5.75 Å². The first-order chi connectivity index (χ1) is 8.79. The highest BCUT2D eigenvalue weighted by atomic mass is 16.3. The molecule has 2 heteroatoms. The first-order valence-electron chi connectivity index (χ1n) is 6.21. The molecule has 0 aliphatic heterocycles. The molecular formula is C16H21BO. The maximum atomic E-state index is 9.56. The molecule has 1 nitrogen and oxygen atoms in total. The van der Waals surface area contributed by atoms with Crippen molar-refractivity contribution in [1.29, 1.82) is 0 Å². The molecule has 2 aromatic carbocycles. The Kier molecular flexibility index (Phi) is 8.47. The van der Waals surface area contributed by atoms with Crippen LogP contribution in [0.3, 0.4) is 0 Å². The van der Waals surface area contributed by atoms with Crippen LogP contribution < -0.4 is 0 Å².